The molecule has 0 saturated carbocycles. The number of carbonyl (C=O) groups excluding carboxylic acids is 4. The topological polar surface area (TPSA) is 105 Å². The van der Waals surface area contributed by atoms with Gasteiger partial charge in [-0.2, -0.15) is 0 Å². The maximum Gasteiger partial charge on any atom is 0.265 e. The fraction of sp³-hybridized carbons (Fsp3) is 0.185. The van der Waals surface area contributed by atoms with Crippen LogP contribution in [0.1, 0.15) is 27.6 Å². The highest BCUT2D eigenvalue weighted by molar-refractivity contribution is 6.30. The maximum absolute atomic E-state index is 13.0. The van der Waals surface area contributed by atoms with Gasteiger partial charge in [-0.25, -0.2) is 0 Å². The Morgan fingerprint density at radius 2 is 1.70 bits per heavy atom. The molecule has 3 aromatic rings. The predicted octanol–water partition coefficient (Wildman–Crippen LogP) is 3.77. The molecule has 2 aliphatic rings. The molecule has 0 saturated heterocycles. The third kappa shape index (κ3) is 4.73. The lowest BCUT2D eigenvalue weighted by atomic mass is 10.1. The first kappa shape index (κ1) is 24.3. The van der Waals surface area contributed by atoms with Crippen LogP contribution in [-0.2, 0) is 9.59 Å². The number of carbonyl (C=O) groups is 4. The number of rotatable bonds is 7. The van der Waals surface area contributed by atoms with Crippen LogP contribution >= 0.6 is 11.6 Å². The number of hydrogen-bond acceptors (Lipinski definition) is 6. The Balaban J connectivity index is 1.28. The first-order valence-electron chi connectivity index (χ1n) is 11.6. The van der Waals surface area contributed by atoms with Crippen LogP contribution in [0, 0.1) is 0 Å². The summed E-state index contributed by atoms with van der Waals surface area (Å²) < 4.78 is 11.3. The highest BCUT2D eigenvalue weighted by Gasteiger charge is 2.40. The van der Waals surface area contributed by atoms with E-state index in [1.165, 1.54) is 11.8 Å². The van der Waals surface area contributed by atoms with Crippen LogP contribution < -0.4 is 19.7 Å². The predicted molar refractivity (Wildman–Crippen MR) is 136 cm³/mol. The van der Waals surface area contributed by atoms with E-state index in [9.17, 15) is 19.2 Å². The zero-order valence-electron chi connectivity index (χ0n) is 19.8. The van der Waals surface area contributed by atoms with E-state index >= 15 is 0 Å². The first-order chi connectivity index (χ1) is 17.8. The van der Waals surface area contributed by atoms with Gasteiger partial charge in [0, 0.05) is 10.7 Å². The molecule has 37 heavy (non-hydrogen) atoms. The lowest BCUT2D eigenvalue weighted by molar-refractivity contribution is -0.121. The van der Waals surface area contributed by atoms with Gasteiger partial charge in [-0.1, -0.05) is 23.7 Å². The van der Waals surface area contributed by atoms with Crippen LogP contribution in [0.4, 0.5) is 11.4 Å². The van der Waals surface area contributed by atoms with Crippen molar-refractivity contribution in [2.75, 3.05) is 30.0 Å². The van der Waals surface area contributed by atoms with Gasteiger partial charge in [0.2, 0.25) is 5.91 Å². The van der Waals surface area contributed by atoms with Crippen LogP contribution in [0.2, 0.25) is 5.02 Å². The standard InChI is InChI=1S/C27H22ClN3O6/c1-16(31-26(34)20-4-2-3-5-21(20)27(31)35)25(33)29-18-8-11-23-22(14-18)30(24(32)15-37-23)12-13-36-19-9-6-17(28)7-10-19/h2-11,14,16H,12-13,15H2,1H3,(H,29,33). The van der Waals surface area contributed by atoms with Gasteiger partial charge in [-0.3, -0.25) is 24.1 Å². The van der Waals surface area contributed by atoms with E-state index in [1.807, 2.05) is 0 Å². The smallest absolute Gasteiger partial charge is 0.265 e. The molecule has 1 unspecified atom stereocenters. The summed E-state index contributed by atoms with van der Waals surface area (Å²) >= 11 is 5.90. The summed E-state index contributed by atoms with van der Waals surface area (Å²) in [6, 6.07) is 17.2. The molecule has 2 heterocycles. The Labute approximate surface area is 217 Å². The molecule has 0 aliphatic carbocycles. The average molecular weight is 520 g/mol. The van der Waals surface area contributed by atoms with Crippen molar-refractivity contribution < 1.29 is 28.7 Å². The van der Waals surface area contributed by atoms with Crippen molar-refractivity contribution in [1.82, 2.24) is 4.90 Å². The molecule has 0 bridgehead atoms. The Kier molecular flexibility index (Phi) is 6.54. The molecule has 0 radical (unpaired) electrons. The minimum Gasteiger partial charge on any atom is -0.492 e. The Morgan fingerprint density at radius 1 is 1.03 bits per heavy atom. The van der Waals surface area contributed by atoms with Crippen LogP contribution in [0.3, 0.4) is 0 Å². The van der Waals surface area contributed by atoms with E-state index < -0.39 is 23.8 Å². The Hall–Kier alpha value is -4.37. The number of imide groups is 1. The first-order valence-corrected chi connectivity index (χ1v) is 11.9. The van der Waals surface area contributed by atoms with Crippen molar-refractivity contribution in [3.63, 3.8) is 0 Å². The van der Waals surface area contributed by atoms with Crippen molar-refractivity contribution in [3.05, 3.63) is 82.9 Å². The lowest BCUT2D eigenvalue weighted by Gasteiger charge is -2.30. The fourth-order valence-electron chi connectivity index (χ4n) is 4.23. The van der Waals surface area contributed by atoms with Crippen molar-refractivity contribution in [3.8, 4) is 11.5 Å². The van der Waals surface area contributed by atoms with Crippen molar-refractivity contribution in [1.29, 1.82) is 0 Å². The second-order valence-electron chi connectivity index (χ2n) is 8.51. The minimum atomic E-state index is -1.05. The van der Waals surface area contributed by atoms with Gasteiger partial charge in [0.15, 0.2) is 6.61 Å². The van der Waals surface area contributed by atoms with Crippen LogP contribution in [-0.4, -0.2) is 54.3 Å². The molecule has 188 valence electrons. The van der Waals surface area contributed by atoms with Gasteiger partial charge in [0.25, 0.3) is 17.7 Å². The second kappa shape index (κ2) is 9.94. The van der Waals surface area contributed by atoms with E-state index in [-0.39, 0.29) is 36.8 Å². The number of halogens is 1. The summed E-state index contributed by atoms with van der Waals surface area (Å²) in [6.07, 6.45) is 0. The number of nitrogens with zero attached hydrogens (tertiary/aromatic N) is 2. The zero-order chi connectivity index (χ0) is 26.1. The van der Waals surface area contributed by atoms with Gasteiger partial charge in [-0.15, -0.1) is 0 Å². The molecule has 1 atom stereocenters. The Morgan fingerprint density at radius 3 is 2.38 bits per heavy atom. The van der Waals surface area contributed by atoms with Gasteiger partial charge < -0.3 is 19.7 Å². The quantitative estimate of drug-likeness (QED) is 0.476. The SMILES string of the molecule is CC(C(=O)Nc1ccc2c(c1)N(CCOc1ccc(Cl)cc1)C(=O)CO2)N1C(=O)c2ccccc2C1=O. The highest BCUT2D eigenvalue weighted by Crippen LogP contribution is 2.35. The summed E-state index contributed by atoms with van der Waals surface area (Å²) in [6.45, 7) is 1.85. The normalized spacial score (nSPS) is 15.1. The number of hydrogen-bond donors (Lipinski definition) is 1. The molecular weight excluding hydrogens is 498 g/mol. The van der Waals surface area contributed by atoms with E-state index in [1.54, 1.807) is 66.7 Å². The van der Waals surface area contributed by atoms with Gasteiger partial charge >= 0.3 is 0 Å². The fourth-order valence-corrected chi connectivity index (χ4v) is 4.36. The molecule has 9 nitrogen and oxygen atoms in total. The molecule has 3 aromatic carbocycles. The average Bonchev–Trinajstić information content (AvgIpc) is 3.15. The van der Waals surface area contributed by atoms with Gasteiger partial charge in [-0.05, 0) is 61.5 Å². The van der Waals surface area contributed by atoms with Crippen LogP contribution in [0.5, 0.6) is 11.5 Å². The van der Waals surface area contributed by atoms with E-state index in [2.05, 4.69) is 5.32 Å². The highest BCUT2D eigenvalue weighted by atomic mass is 35.5. The molecule has 0 spiro atoms. The van der Waals surface area contributed by atoms with E-state index in [0.29, 0.717) is 27.9 Å². The van der Waals surface area contributed by atoms with E-state index in [0.717, 1.165) is 4.90 Å². The molecule has 0 fully saturated rings. The summed E-state index contributed by atoms with van der Waals surface area (Å²) in [5.41, 5.74) is 1.40. The van der Waals surface area contributed by atoms with Gasteiger partial charge in [0.05, 0.1) is 23.4 Å². The monoisotopic (exact) mass is 519 g/mol. The third-order valence-electron chi connectivity index (χ3n) is 6.16. The summed E-state index contributed by atoms with van der Waals surface area (Å²) in [5, 5.41) is 3.33. The van der Waals surface area contributed by atoms with Crippen molar-refractivity contribution in [2.24, 2.45) is 0 Å². The van der Waals surface area contributed by atoms with Crippen molar-refractivity contribution >= 4 is 46.6 Å². The number of fused-ring (bicyclic) bond motifs is 2. The lowest BCUT2D eigenvalue weighted by Crippen LogP contribution is -2.45. The van der Waals surface area contributed by atoms with Crippen LogP contribution in [0.25, 0.3) is 0 Å². The second-order valence-corrected chi connectivity index (χ2v) is 8.95. The van der Waals surface area contributed by atoms with E-state index in [4.69, 9.17) is 21.1 Å². The van der Waals surface area contributed by atoms with Crippen LogP contribution in [0.15, 0.2) is 66.7 Å². The maximum atomic E-state index is 13.0. The zero-order valence-corrected chi connectivity index (χ0v) is 20.5. The largest absolute Gasteiger partial charge is 0.492 e. The number of nitrogens with one attached hydrogen (secondary N) is 1. The number of amides is 4. The number of benzene rings is 3. The summed E-state index contributed by atoms with van der Waals surface area (Å²) in [5.74, 6) is -0.727. The summed E-state index contributed by atoms with van der Waals surface area (Å²) in [4.78, 5) is 53.6. The van der Waals surface area contributed by atoms with Crippen molar-refractivity contribution in [2.45, 2.75) is 13.0 Å². The van der Waals surface area contributed by atoms with Gasteiger partial charge in [0.1, 0.15) is 24.1 Å². The summed E-state index contributed by atoms with van der Waals surface area (Å²) in [7, 11) is 0. The molecule has 0 aromatic heterocycles. The number of anilines is 2. The molecule has 4 amide bonds. The third-order valence-corrected chi connectivity index (χ3v) is 6.41. The molecule has 2 aliphatic heterocycles. The molecule has 1 N–H and O–H groups in total. The Bertz CT molecular complexity index is 1370. The molecular formula is C27H22ClN3O6. The molecule has 10 heteroatoms. The number of ether oxygens (including phenoxy) is 2. The molecule has 5 rings (SSSR count). The minimum absolute atomic E-state index is 0.115.